The van der Waals surface area contributed by atoms with Crippen LogP contribution >= 0.6 is 35.1 Å². The summed E-state index contributed by atoms with van der Waals surface area (Å²) in [4.78, 5) is 52.2. The molecular weight excluding hydrogens is 517 g/mol. The highest BCUT2D eigenvalue weighted by Gasteiger charge is 2.57. The van der Waals surface area contributed by atoms with Crippen molar-refractivity contribution in [2.75, 3.05) is 18.2 Å². The van der Waals surface area contributed by atoms with Crippen LogP contribution in [0.5, 0.6) is 0 Å². The quantitative estimate of drug-likeness (QED) is 0.155. The van der Waals surface area contributed by atoms with Crippen molar-refractivity contribution in [3.8, 4) is 0 Å². The van der Waals surface area contributed by atoms with E-state index in [4.69, 9.17) is 36.8 Å². The molecule has 1 aliphatic heterocycles. The van der Waals surface area contributed by atoms with Gasteiger partial charge in [0.25, 0.3) is 0 Å². The minimum absolute atomic E-state index is 0.198. The van der Waals surface area contributed by atoms with Crippen molar-refractivity contribution in [3.05, 3.63) is 22.2 Å². The first kappa shape index (κ1) is 26.5. The molecule has 0 radical (unpaired) electrons. The third-order valence-electron chi connectivity index (χ3n) is 3.79. The van der Waals surface area contributed by atoms with E-state index in [0.717, 1.165) is 6.20 Å². The lowest BCUT2D eigenvalue weighted by molar-refractivity contribution is -0.0948. The van der Waals surface area contributed by atoms with Crippen LogP contribution in [0.3, 0.4) is 0 Å². The molecule has 178 valence electrons. The Kier molecular flexibility index (Phi) is 7.89. The standard InChI is InChI=1S/C10H16ClFN3O13P3/c11-2-10(3-25-30(21,22)28-31(23,24)27-29(18,19)20)7(16)5(12)6(26-10)4-1-14-9(17)15-8(4)13/h1,5-7,16H,2-3H2,(H,21,22)(H,23,24)(H2,18,19,20)(H3,13,14,15,17)/t5-,6+,7-,10+/m0/s1. The first-order valence-corrected chi connectivity index (χ1v) is 12.8. The van der Waals surface area contributed by atoms with Crippen molar-refractivity contribution in [2.45, 2.75) is 24.0 Å². The molecule has 0 amide bonds. The Morgan fingerprint density at radius 1 is 1.26 bits per heavy atom. The van der Waals surface area contributed by atoms with Gasteiger partial charge in [-0.05, 0) is 0 Å². The predicted octanol–water partition coefficient (Wildman–Crippen LogP) is -0.557. The Hall–Kier alpha value is -0.770. The predicted molar refractivity (Wildman–Crippen MR) is 97.3 cm³/mol. The molecule has 1 saturated heterocycles. The lowest BCUT2D eigenvalue weighted by Crippen LogP contribution is -2.47. The summed E-state index contributed by atoms with van der Waals surface area (Å²) in [5.41, 5.74) is 2.28. The number of aromatic amines is 1. The third kappa shape index (κ3) is 6.62. The number of nitrogen functional groups attached to an aromatic ring is 1. The maximum absolute atomic E-state index is 14.7. The van der Waals surface area contributed by atoms with Gasteiger partial charge in [-0.1, -0.05) is 0 Å². The Labute approximate surface area is 176 Å². The van der Waals surface area contributed by atoms with Crippen molar-refractivity contribution < 1.29 is 60.6 Å². The zero-order valence-corrected chi connectivity index (χ0v) is 18.3. The van der Waals surface area contributed by atoms with Gasteiger partial charge in [-0.3, -0.25) is 9.51 Å². The number of H-pyrrole nitrogens is 1. The Bertz CT molecular complexity index is 1020. The number of nitrogens with zero attached hydrogens (tertiary/aromatic N) is 1. The van der Waals surface area contributed by atoms with Gasteiger partial charge < -0.3 is 35.2 Å². The van der Waals surface area contributed by atoms with Gasteiger partial charge in [0, 0.05) is 11.8 Å². The number of hydrogen-bond acceptors (Lipinski definition) is 11. The largest absolute Gasteiger partial charge is 0.490 e. The maximum Gasteiger partial charge on any atom is 0.490 e. The van der Waals surface area contributed by atoms with Crippen LogP contribution in [0.25, 0.3) is 0 Å². The summed E-state index contributed by atoms with van der Waals surface area (Å²) < 4.78 is 65.3. The molecule has 0 aliphatic carbocycles. The fourth-order valence-electron chi connectivity index (χ4n) is 2.49. The minimum Gasteiger partial charge on any atom is -0.387 e. The highest BCUT2D eigenvalue weighted by molar-refractivity contribution is 7.66. The molecule has 31 heavy (non-hydrogen) atoms. The summed E-state index contributed by atoms with van der Waals surface area (Å²) in [6.45, 7) is -1.21. The average Bonchev–Trinajstić information content (AvgIpc) is 2.82. The van der Waals surface area contributed by atoms with E-state index in [1.807, 2.05) is 0 Å². The van der Waals surface area contributed by atoms with Crippen LogP contribution in [0, 0.1) is 0 Å². The molecule has 6 atom stereocenters. The molecule has 16 nitrogen and oxygen atoms in total. The van der Waals surface area contributed by atoms with Crippen LogP contribution in [0.2, 0.25) is 0 Å². The summed E-state index contributed by atoms with van der Waals surface area (Å²) in [5, 5.41) is 10.2. The lowest BCUT2D eigenvalue weighted by atomic mass is 9.97. The van der Waals surface area contributed by atoms with Gasteiger partial charge >= 0.3 is 29.2 Å². The molecule has 0 aromatic carbocycles. The van der Waals surface area contributed by atoms with Crippen molar-refractivity contribution in [2.24, 2.45) is 0 Å². The van der Waals surface area contributed by atoms with Gasteiger partial charge in [-0.25, -0.2) is 27.9 Å². The molecule has 0 saturated carbocycles. The highest BCUT2D eigenvalue weighted by Crippen LogP contribution is 2.66. The van der Waals surface area contributed by atoms with Crippen molar-refractivity contribution in [3.63, 3.8) is 0 Å². The summed E-state index contributed by atoms with van der Waals surface area (Å²) in [6.07, 6.45) is -5.15. The van der Waals surface area contributed by atoms with E-state index in [0.29, 0.717) is 0 Å². The van der Waals surface area contributed by atoms with Crippen molar-refractivity contribution >= 4 is 40.9 Å². The molecule has 2 heterocycles. The number of aliphatic hydroxyl groups excluding tert-OH is 1. The van der Waals surface area contributed by atoms with Gasteiger partial charge in [-0.15, -0.1) is 11.6 Å². The number of nitrogens with one attached hydrogen (secondary N) is 1. The number of halogens is 2. The highest BCUT2D eigenvalue weighted by atomic mass is 35.5. The van der Waals surface area contributed by atoms with Gasteiger partial charge in [-0.2, -0.15) is 8.62 Å². The monoisotopic (exact) mass is 533 g/mol. The SMILES string of the molecule is Nc1[nH]c(=O)ncc1[C@H]1O[C@](CCl)(COP(=O)(O)OP(=O)(O)OP(=O)(O)O)[C@@H](O)[C@H]1F. The van der Waals surface area contributed by atoms with Crippen LogP contribution < -0.4 is 11.4 Å². The molecule has 2 unspecified atom stereocenters. The molecule has 1 aliphatic rings. The lowest BCUT2D eigenvalue weighted by Gasteiger charge is -2.30. The van der Waals surface area contributed by atoms with E-state index in [1.165, 1.54) is 0 Å². The van der Waals surface area contributed by atoms with E-state index >= 15 is 0 Å². The number of alkyl halides is 2. The number of aromatic nitrogens is 2. The smallest absolute Gasteiger partial charge is 0.387 e. The normalized spacial score (nSPS) is 30.6. The molecule has 0 spiro atoms. The minimum atomic E-state index is -5.80. The van der Waals surface area contributed by atoms with E-state index in [2.05, 4.69) is 23.1 Å². The second-order valence-electron chi connectivity index (χ2n) is 6.05. The van der Waals surface area contributed by atoms with Gasteiger partial charge in [0.2, 0.25) is 0 Å². The third-order valence-corrected chi connectivity index (χ3v) is 8.02. The first-order valence-electron chi connectivity index (χ1n) is 7.70. The summed E-state index contributed by atoms with van der Waals surface area (Å²) >= 11 is 5.71. The molecule has 8 N–H and O–H groups in total. The number of phosphoric ester groups is 1. The van der Waals surface area contributed by atoms with E-state index in [-0.39, 0.29) is 11.4 Å². The maximum atomic E-state index is 14.7. The van der Waals surface area contributed by atoms with Crippen molar-refractivity contribution in [1.29, 1.82) is 0 Å². The number of anilines is 1. The molecule has 1 aromatic rings. The van der Waals surface area contributed by atoms with Gasteiger partial charge in [0.1, 0.15) is 23.6 Å². The van der Waals surface area contributed by atoms with Crippen LogP contribution in [0.4, 0.5) is 10.2 Å². The molecule has 0 bridgehead atoms. The summed E-state index contributed by atoms with van der Waals surface area (Å²) in [7, 11) is -17.0. The molecule has 1 aromatic heterocycles. The average molecular weight is 534 g/mol. The van der Waals surface area contributed by atoms with Crippen LogP contribution in [-0.4, -0.2) is 65.0 Å². The summed E-state index contributed by atoms with van der Waals surface area (Å²) in [6, 6.07) is 0. The van der Waals surface area contributed by atoms with E-state index in [9.17, 15) is 32.9 Å². The van der Waals surface area contributed by atoms with E-state index < -0.39 is 65.6 Å². The first-order chi connectivity index (χ1) is 14.0. The number of phosphoric acid groups is 3. The van der Waals surface area contributed by atoms with Crippen molar-refractivity contribution in [1.82, 2.24) is 9.97 Å². The number of hydrogen-bond donors (Lipinski definition) is 7. The summed E-state index contributed by atoms with van der Waals surface area (Å²) in [5.74, 6) is -1.10. The topological polar surface area (TPSA) is 261 Å². The Morgan fingerprint density at radius 3 is 2.39 bits per heavy atom. The fraction of sp³-hybridized carbons (Fsp3) is 0.600. The Morgan fingerprint density at radius 2 is 1.87 bits per heavy atom. The number of nitrogens with two attached hydrogens (primary N) is 1. The van der Waals surface area contributed by atoms with Crippen LogP contribution in [-0.2, 0) is 31.6 Å². The number of rotatable bonds is 9. The zero-order chi connectivity index (χ0) is 23.8. The second-order valence-corrected chi connectivity index (χ2v) is 10.7. The second kappa shape index (κ2) is 9.23. The van der Waals surface area contributed by atoms with Crippen LogP contribution in [0.15, 0.2) is 11.0 Å². The number of aliphatic hydroxyl groups is 1. The zero-order valence-electron chi connectivity index (χ0n) is 14.8. The molecule has 21 heteroatoms. The fourth-order valence-corrected chi connectivity index (χ4v) is 5.86. The Balaban J connectivity index is 2.20. The number of ether oxygens (including phenoxy) is 1. The van der Waals surface area contributed by atoms with Gasteiger partial charge in [0.15, 0.2) is 6.17 Å². The molecule has 1 fully saturated rings. The van der Waals surface area contributed by atoms with Gasteiger partial charge in [0.05, 0.1) is 12.5 Å². The molecule has 2 rings (SSSR count). The van der Waals surface area contributed by atoms with Crippen LogP contribution in [0.1, 0.15) is 11.7 Å². The molecular formula is C10H16ClFN3O13P3. The van der Waals surface area contributed by atoms with E-state index in [1.54, 1.807) is 0 Å².